The summed E-state index contributed by atoms with van der Waals surface area (Å²) in [4.78, 5) is 15.0. The number of halogens is 1. The van der Waals surface area contributed by atoms with E-state index in [1.54, 1.807) is 0 Å². The lowest BCUT2D eigenvalue weighted by Gasteiger charge is -2.36. The normalized spacial score (nSPS) is 25.5. The molecule has 1 saturated heterocycles. The minimum Gasteiger partial charge on any atom is -0.342 e. The molecule has 0 aromatic heterocycles. The number of benzene rings is 1. The highest BCUT2D eigenvalue weighted by molar-refractivity contribution is 9.09. The van der Waals surface area contributed by atoms with Gasteiger partial charge in [-0.2, -0.15) is 0 Å². The second kappa shape index (κ2) is 6.95. The van der Waals surface area contributed by atoms with Crippen molar-refractivity contribution in [3.63, 3.8) is 0 Å². The molecule has 114 valence electrons. The van der Waals surface area contributed by atoms with Crippen LogP contribution in [0.15, 0.2) is 24.3 Å². The van der Waals surface area contributed by atoms with Crippen molar-refractivity contribution in [2.24, 2.45) is 11.8 Å². The molecule has 0 bridgehead atoms. The Hall–Kier alpha value is -0.830. The predicted molar refractivity (Wildman–Crippen MR) is 89.7 cm³/mol. The number of hydrogen-bond donors (Lipinski definition) is 0. The average molecular weight is 350 g/mol. The predicted octanol–water partition coefficient (Wildman–Crippen LogP) is 3.82. The topological polar surface area (TPSA) is 20.3 Å². The first-order valence-electron chi connectivity index (χ1n) is 8.19. The van der Waals surface area contributed by atoms with Gasteiger partial charge < -0.3 is 4.90 Å². The van der Waals surface area contributed by atoms with Crippen molar-refractivity contribution in [2.75, 3.05) is 18.4 Å². The Morgan fingerprint density at radius 3 is 2.86 bits per heavy atom. The average Bonchev–Trinajstić information content (AvgIpc) is 2.54. The van der Waals surface area contributed by atoms with Gasteiger partial charge in [0, 0.05) is 24.3 Å². The van der Waals surface area contributed by atoms with E-state index in [9.17, 15) is 4.79 Å². The molecular weight excluding hydrogens is 326 g/mol. The number of amides is 1. The number of fused-ring (bicyclic) bond motifs is 1. The number of aryl methyl sites for hydroxylation is 1. The summed E-state index contributed by atoms with van der Waals surface area (Å²) in [6.45, 7) is 1.94. The molecule has 3 heteroatoms. The molecule has 1 aromatic carbocycles. The fourth-order valence-corrected chi connectivity index (χ4v) is 4.47. The number of rotatable bonds is 3. The molecule has 2 unspecified atom stereocenters. The van der Waals surface area contributed by atoms with Crippen molar-refractivity contribution in [3.05, 3.63) is 35.4 Å². The zero-order chi connectivity index (χ0) is 14.7. The summed E-state index contributed by atoms with van der Waals surface area (Å²) in [7, 11) is 0. The molecule has 0 radical (unpaired) electrons. The van der Waals surface area contributed by atoms with E-state index in [1.165, 1.54) is 30.4 Å². The Morgan fingerprint density at radius 2 is 2.05 bits per heavy atom. The third-order valence-electron chi connectivity index (χ3n) is 5.04. The third kappa shape index (κ3) is 3.50. The van der Waals surface area contributed by atoms with E-state index in [2.05, 4.69) is 45.1 Å². The first kappa shape index (κ1) is 15.1. The molecule has 3 rings (SSSR count). The van der Waals surface area contributed by atoms with Gasteiger partial charge in [0.05, 0.1) is 0 Å². The van der Waals surface area contributed by atoms with Gasteiger partial charge in [-0.15, -0.1) is 0 Å². The van der Waals surface area contributed by atoms with Gasteiger partial charge in [-0.3, -0.25) is 4.79 Å². The summed E-state index contributed by atoms with van der Waals surface area (Å²) in [5, 5.41) is 1.05. The highest BCUT2D eigenvalue weighted by Crippen LogP contribution is 2.29. The van der Waals surface area contributed by atoms with Crippen molar-refractivity contribution < 1.29 is 4.79 Å². The number of likely N-dealkylation sites (tertiary alicyclic amines) is 1. The first-order valence-corrected chi connectivity index (χ1v) is 9.31. The fraction of sp³-hybridized carbons (Fsp3) is 0.611. The van der Waals surface area contributed by atoms with Crippen LogP contribution in [0.25, 0.3) is 0 Å². The number of alkyl halides is 1. The van der Waals surface area contributed by atoms with Crippen LogP contribution in [-0.4, -0.2) is 29.2 Å². The highest BCUT2D eigenvalue weighted by atomic mass is 79.9. The van der Waals surface area contributed by atoms with Gasteiger partial charge in [0.25, 0.3) is 0 Å². The fourth-order valence-electron chi connectivity index (χ4n) is 3.82. The van der Waals surface area contributed by atoms with Crippen LogP contribution in [0, 0.1) is 11.8 Å². The van der Waals surface area contributed by atoms with E-state index in [4.69, 9.17) is 0 Å². The largest absolute Gasteiger partial charge is 0.342 e. The Morgan fingerprint density at radius 1 is 1.24 bits per heavy atom. The zero-order valence-electron chi connectivity index (χ0n) is 12.6. The summed E-state index contributed by atoms with van der Waals surface area (Å²) in [5.41, 5.74) is 2.83. The molecule has 0 N–H and O–H groups in total. The smallest absolute Gasteiger partial charge is 0.226 e. The van der Waals surface area contributed by atoms with Gasteiger partial charge in [0.2, 0.25) is 5.91 Å². The van der Waals surface area contributed by atoms with Gasteiger partial charge in [0.15, 0.2) is 0 Å². The van der Waals surface area contributed by atoms with E-state index in [-0.39, 0.29) is 5.92 Å². The highest BCUT2D eigenvalue weighted by Gasteiger charge is 2.30. The van der Waals surface area contributed by atoms with E-state index in [1.807, 2.05) is 0 Å². The maximum Gasteiger partial charge on any atom is 0.226 e. The van der Waals surface area contributed by atoms with Crippen LogP contribution in [0.4, 0.5) is 0 Å². The lowest BCUT2D eigenvalue weighted by Crippen LogP contribution is -2.44. The SMILES string of the molecule is O=C(C1CCc2ccccc2C1)N1CCCC(CCBr)C1. The van der Waals surface area contributed by atoms with E-state index < -0.39 is 0 Å². The molecule has 0 spiro atoms. The molecule has 1 heterocycles. The standard InChI is InChI=1S/C18H24BrNO/c19-10-9-14-4-3-11-20(13-14)18(21)17-8-7-15-5-1-2-6-16(15)12-17/h1-2,5-6,14,17H,3-4,7-13H2. The molecule has 2 nitrogen and oxygen atoms in total. The lowest BCUT2D eigenvalue weighted by atomic mass is 9.82. The van der Waals surface area contributed by atoms with Crippen LogP contribution in [0.1, 0.15) is 36.8 Å². The zero-order valence-corrected chi connectivity index (χ0v) is 14.1. The molecular formula is C18H24BrNO. The first-order chi connectivity index (χ1) is 10.3. The Bertz CT molecular complexity index is 500. The molecule has 1 aliphatic heterocycles. The van der Waals surface area contributed by atoms with Crippen molar-refractivity contribution in [1.29, 1.82) is 0 Å². The molecule has 1 aromatic rings. The molecule has 0 saturated carbocycles. The third-order valence-corrected chi connectivity index (χ3v) is 5.50. The summed E-state index contributed by atoms with van der Waals surface area (Å²) < 4.78 is 0. The maximum absolute atomic E-state index is 12.8. The summed E-state index contributed by atoms with van der Waals surface area (Å²) in [5.74, 6) is 1.31. The Labute approximate surface area is 136 Å². The van der Waals surface area contributed by atoms with Crippen LogP contribution in [-0.2, 0) is 17.6 Å². The molecule has 2 aliphatic rings. The van der Waals surface area contributed by atoms with Crippen molar-refractivity contribution >= 4 is 21.8 Å². The number of carbonyl (C=O) groups is 1. The van der Waals surface area contributed by atoms with Crippen molar-refractivity contribution in [1.82, 2.24) is 4.90 Å². The van der Waals surface area contributed by atoms with Crippen molar-refractivity contribution in [3.8, 4) is 0 Å². The van der Waals surface area contributed by atoms with Crippen LogP contribution in [0.2, 0.25) is 0 Å². The molecule has 1 amide bonds. The summed E-state index contributed by atoms with van der Waals surface area (Å²) in [6, 6.07) is 8.61. The van der Waals surface area contributed by atoms with Gasteiger partial charge >= 0.3 is 0 Å². The minimum atomic E-state index is 0.211. The lowest BCUT2D eigenvalue weighted by molar-refractivity contribution is -0.137. The number of nitrogens with zero attached hydrogens (tertiary/aromatic N) is 1. The van der Waals surface area contributed by atoms with E-state index in [0.29, 0.717) is 11.8 Å². The number of piperidine rings is 1. The van der Waals surface area contributed by atoms with Gasteiger partial charge in [-0.25, -0.2) is 0 Å². The Balaban J connectivity index is 1.63. The van der Waals surface area contributed by atoms with Crippen molar-refractivity contribution in [2.45, 2.75) is 38.5 Å². The van der Waals surface area contributed by atoms with E-state index in [0.717, 1.165) is 37.7 Å². The summed E-state index contributed by atoms with van der Waals surface area (Å²) in [6.07, 6.45) is 6.67. The minimum absolute atomic E-state index is 0.211. The van der Waals surface area contributed by atoms with E-state index >= 15 is 0 Å². The Kier molecular flexibility index (Phi) is 4.99. The van der Waals surface area contributed by atoms with Gasteiger partial charge in [-0.1, -0.05) is 40.2 Å². The summed E-state index contributed by atoms with van der Waals surface area (Å²) >= 11 is 3.53. The molecule has 2 atom stereocenters. The molecule has 21 heavy (non-hydrogen) atoms. The van der Waals surface area contributed by atoms with Crippen LogP contribution >= 0.6 is 15.9 Å². The number of hydrogen-bond acceptors (Lipinski definition) is 1. The van der Waals surface area contributed by atoms with Crippen LogP contribution < -0.4 is 0 Å². The quantitative estimate of drug-likeness (QED) is 0.759. The van der Waals surface area contributed by atoms with Crippen LogP contribution in [0.5, 0.6) is 0 Å². The monoisotopic (exact) mass is 349 g/mol. The van der Waals surface area contributed by atoms with Crippen LogP contribution in [0.3, 0.4) is 0 Å². The second-order valence-electron chi connectivity index (χ2n) is 6.48. The number of carbonyl (C=O) groups excluding carboxylic acids is 1. The molecule has 1 aliphatic carbocycles. The van der Waals surface area contributed by atoms with Gasteiger partial charge in [0.1, 0.15) is 0 Å². The molecule has 1 fully saturated rings. The maximum atomic E-state index is 12.8. The van der Waals surface area contributed by atoms with Gasteiger partial charge in [-0.05, 0) is 55.6 Å². The second-order valence-corrected chi connectivity index (χ2v) is 7.27.